The molecule has 1 saturated heterocycles. The number of aromatic nitrogens is 4. The molecule has 4 heterocycles. The Hall–Kier alpha value is -3.88. The van der Waals surface area contributed by atoms with Gasteiger partial charge >= 0.3 is 0 Å². The number of hydrogen-bond donors (Lipinski definition) is 1. The highest BCUT2D eigenvalue weighted by Crippen LogP contribution is 2.27. The second kappa shape index (κ2) is 8.70. The van der Waals surface area contributed by atoms with E-state index >= 15 is 0 Å². The first-order valence-corrected chi connectivity index (χ1v) is 10.8. The van der Waals surface area contributed by atoms with Crippen LogP contribution in [0.5, 0.6) is 0 Å². The Balaban J connectivity index is 1.32. The van der Waals surface area contributed by atoms with Crippen LogP contribution in [0.3, 0.4) is 0 Å². The Kier molecular flexibility index (Phi) is 5.45. The van der Waals surface area contributed by atoms with Crippen LogP contribution in [0.4, 0.5) is 11.6 Å². The van der Waals surface area contributed by atoms with Crippen molar-refractivity contribution >= 4 is 23.2 Å². The predicted octanol–water partition coefficient (Wildman–Crippen LogP) is 3.06. The second-order valence-corrected chi connectivity index (χ2v) is 7.72. The van der Waals surface area contributed by atoms with Gasteiger partial charge in [-0.2, -0.15) is 0 Å². The van der Waals surface area contributed by atoms with Crippen LogP contribution in [0.1, 0.15) is 19.1 Å². The maximum absolute atomic E-state index is 11.9. The van der Waals surface area contributed by atoms with E-state index < -0.39 is 0 Å². The van der Waals surface area contributed by atoms with Crippen molar-refractivity contribution in [3.8, 4) is 11.1 Å². The number of fused-ring (bicyclic) bond motifs is 1. The predicted molar refractivity (Wildman–Crippen MR) is 121 cm³/mol. The van der Waals surface area contributed by atoms with Gasteiger partial charge in [-0.15, -0.1) is 10.2 Å². The van der Waals surface area contributed by atoms with Gasteiger partial charge in [-0.05, 0) is 29.8 Å². The van der Waals surface area contributed by atoms with E-state index in [-0.39, 0.29) is 5.91 Å². The first-order valence-electron chi connectivity index (χ1n) is 10.8. The SMILES string of the molecule is CCC(=O)N1CCN(c2ccc(-c3cnc(NCc4ccco4)n4cnnc34)cc2)CC1. The standard InChI is InChI=1S/C23H25N7O2/c1-2-21(31)29-11-9-28(10-12-29)18-7-5-17(6-8-18)20-15-25-23(30-16-26-27-22(20)30)24-14-19-4-3-13-32-19/h3-8,13,15-16H,2,9-12,14H2,1H3,(H,24,25). The summed E-state index contributed by atoms with van der Waals surface area (Å²) in [5.41, 5.74) is 3.83. The summed E-state index contributed by atoms with van der Waals surface area (Å²) in [4.78, 5) is 20.7. The molecule has 0 spiro atoms. The van der Waals surface area contributed by atoms with E-state index in [0.29, 0.717) is 18.9 Å². The molecule has 0 bridgehead atoms. The molecule has 4 aromatic rings. The number of hydrogen-bond acceptors (Lipinski definition) is 7. The van der Waals surface area contributed by atoms with Crippen LogP contribution in [0, 0.1) is 0 Å². The Labute approximate surface area is 185 Å². The molecule has 9 heteroatoms. The number of benzene rings is 1. The lowest BCUT2D eigenvalue weighted by atomic mass is 10.1. The molecule has 5 rings (SSSR count). The fourth-order valence-corrected chi connectivity index (χ4v) is 4.02. The largest absolute Gasteiger partial charge is 0.467 e. The third-order valence-corrected chi connectivity index (χ3v) is 5.81. The van der Waals surface area contributed by atoms with Crippen molar-refractivity contribution in [3.05, 3.63) is 60.9 Å². The molecule has 0 saturated carbocycles. The van der Waals surface area contributed by atoms with Crippen molar-refractivity contribution in [1.29, 1.82) is 0 Å². The highest BCUT2D eigenvalue weighted by molar-refractivity contribution is 5.79. The van der Waals surface area contributed by atoms with Crippen molar-refractivity contribution in [2.45, 2.75) is 19.9 Å². The maximum Gasteiger partial charge on any atom is 0.222 e. The zero-order chi connectivity index (χ0) is 21.9. The van der Waals surface area contributed by atoms with Crippen LogP contribution in [0.2, 0.25) is 0 Å². The lowest BCUT2D eigenvalue weighted by Gasteiger charge is -2.36. The van der Waals surface area contributed by atoms with Crippen LogP contribution in [0.15, 0.2) is 59.6 Å². The zero-order valence-electron chi connectivity index (χ0n) is 17.9. The topological polar surface area (TPSA) is 91.8 Å². The first kappa shape index (κ1) is 20.0. The van der Waals surface area contributed by atoms with Crippen LogP contribution < -0.4 is 10.2 Å². The summed E-state index contributed by atoms with van der Waals surface area (Å²) in [6.45, 7) is 5.67. The summed E-state index contributed by atoms with van der Waals surface area (Å²) in [5.74, 6) is 1.71. The highest BCUT2D eigenvalue weighted by atomic mass is 16.3. The lowest BCUT2D eigenvalue weighted by Crippen LogP contribution is -2.48. The average molecular weight is 432 g/mol. The van der Waals surface area contributed by atoms with Gasteiger partial charge in [-0.1, -0.05) is 19.1 Å². The molecule has 9 nitrogen and oxygen atoms in total. The molecule has 0 aliphatic carbocycles. The molecule has 1 aliphatic rings. The Morgan fingerprint density at radius 3 is 2.66 bits per heavy atom. The smallest absolute Gasteiger partial charge is 0.222 e. The van der Waals surface area contributed by atoms with Gasteiger partial charge in [0, 0.05) is 50.0 Å². The van der Waals surface area contributed by atoms with Gasteiger partial charge in [-0.3, -0.25) is 9.20 Å². The molecule has 1 aliphatic heterocycles. The van der Waals surface area contributed by atoms with E-state index in [1.807, 2.05) is 34.6 Å². The normalized spacial score (nSPS) is 14.2. The number of anilines is 2. The third kappa shape index (κ3) is 3.89. The van der Waals surface area contributed by atoms with Gasteiger partial charge in [0.05, 0.1) is 12.8 Å². The number of nitrogens with one attached hydrogen (secondary N) is 1. The minimum Gasteiger partial charge on any atom is -0.467 e. The molecular formula is C23H25N7O2. The lowest BCUT2D eigenvalue weighted by molar-refractivity contribution is -0.131. The summed E-state index contributed by atoms with van der Waals surface area (Å²) >= 11 is 0. The Morgan fingerprint density at radius 2 is 1.94 bits per heavy atom. The summed E-state index contributed by atoms with van der Waals surface area (Å²) in [6, 6.07) is 12.2. The molecular weight excluding hydrogens is 406 g/mol. The highest BCUT2D eigenvalue weighted by Gasteiger charge is 2.20. The number of nitrogens with zero attached hydrogens (tertiary/aromatic N) is 6. The molecule has 0 atom stereocenters. The van der Waals surface area contributed by atoms with Crippen LogP contribution in [-0.4, -0.2) is 56.6 Å². The van der Waals surface area contributed by atoms with Crippen LogP contribution in [0.25, 0.3) is 16.8 Å². The van der Waals surface area contributed by atoms with Crippen molar-refractivity contribution in [2.75, 3.05) is 36.4 Å². The molecule has 3 aromatic heterocycles. The third-order valence-electron chi connectivity index (χ3n) is 5.81. The summed E-state index contributed by atoms with van der Waals surface area (Å²) in [7, 11) is 0. The van der Waals surface area contributed by atoms with Gasteiger partial charge in [0.15, 0.2) is 5.65 Å². The number of carbonyl (C=O) groups is 1. The van der Waals surface area contributed by atoms with Crippen LogP contribution >= 0.6 is 0 Å². The van der Waals surface area contributed by atoms with Gasteiger partial charge in [0.25, 0.3) is 0 Å². The molecule has 1 aromatic carbocycles. The minimum absolute atomic E-state index is 0.229. The van der Waals surface area contributed by atoms with E-state index in [0.717, 1.165) is 54.4 Å². The quantitative estimate of drug-likeness (QED) is 0.502. The average Bonchev–Trinajstić information content (AvgIpc) is 3.55. The summed E-state index contributed by atoms with van der Waals surface area (Å²) in [6.07, 6.45) is 5.69. The van der Waals surface area contributed by atoms with E-state index in [4.69, 9.17) is 4.42 Å². The van der Waals surface area contributed by atoms with E-state index in [2.05, 4.69) is 49.7 Å². The monoisotopic (exact) mass is 431 g/mol. The van der Waals surface area contributed by atoms with Crippen LogP contribution in [-0.2, 0) is 11.3 Å². The fourth-order valence-electron chi connectivity index (χ4n) is 4.02. The number of amides is 1. The van der Waals surface area contributed by atoms with E-state index in [9.17, 15) is 4.79 Å². The van der Waals surface area contributed by atoms with Gasteiger partial charge < -0.3 is 19.5 Å². The molecule has 1 N–H and O–H groups in total. The van der Waals surface area contributed by atoms with Gasteiger partial charge in [-0.25, -0.2) is 4.98 Å². The number of furan rings is 1. The van der Waals surface area contributed by atoms with Crippen molar-refractivity contribution in [1.82, 2.24) is 24.5 Å². The van der Waals surface area contributed by atoms with E-state index in [1.165, 1.54) is 0 Å². The van der Waals surface area contributed by atoms with E-state index in [1.54, 1.807) is 12.6 Å². The Morgan fingerprint density at radius 1 is 1.12 bits per heavy atom. The molecule has 1 amide bonds. The van der Waals surface area contributed by atoms with Crippen molar-refractivity contribution in [2.24, 2.45) is 0 Å². The number of rotatable bonds is 6. The summed E-state index contributed by atoms with van der Waals surface area (Å²) in [5, 5.41) is 11.7. The van der Waals surface area contributed by atoms with Gasteiger partial charge in [0.1, 0.15) is 12.1 Å². The molecule has 0 radical (unpaired) electrons. The first-order chi connectivity index (χ1) is 15.7. The Bertz CT molecular complexity index is 1190. The van der Waals surface area contributed by atoms with Crippen molar-refractivity contribution in [3.63, 3.8) is 0 Å². The molecule has 32 heavy (non-hydrogen) atoms. The maximum atomic E-state index is 11.9. The minimum atomic E-state index is 0.229. The number of piperazine rings is 1. The molecule has 164 valence electrons. The molecule has 0 unspecified atom stereocenters. The van der Waals surface area contributed by atoms with Gasteiger partial charge in [0.2, 0.25) is 11.9 Å². The second-order valence-electron chi connectivity index (χ2n) is 7.72. The van der Waals surface area contributed by atoms with Crippen molar-refractivity contribution < 1.29 is 9.21 Å². The zero-order valence-corrected chi connectivity index (χ0v) is 17.9. The molecule has 1 fully saturated rings. The number of carbonyl (C=O) groups excluding carboxylic acids is 1. The summed E-state index contributed by atoms with van der Waals surface area (Å²) < 4.78 is 7.22. The fraction of sp³-hybridized carbons (Fsp3) is 0.304.